The number of hydrogen-bond donors (Lipinski definition) is 1. The molecule has 0 amide bonds. The van der Waals surface area contributed by atoms with E-state index in [9.17, 15) is 18.3 Å². The lowest BCUT2D eigenvalue weighted by Crippen LogP contribution is -2.47. The van der Waals surface area contributed by atoms with Crippen LogP contribution in [0.25, 0.3) is 17.2 Å². The molecule has 1 saturated heterocycles. The van der Waals surface area contributed by atoms with Gasteiger partial charge in [-0.25, -0.2) is 8.78 Å². The minimum atomic E-state index is -0.656. The fourth-order valence-corrected chi connectivity index (χ4v) is 4.80. The first-order valence-electron chi connectivity index (χ1n) is 11.6. The van der Waals surface area contributed by atoms with Gasteiger partial charge in [0, 0.05) is 48.8 Å². The number of allylic oxidation sites excluding steroid dienone is 1. The van der Waals surface area contributed by atoms with Crippen LogP contribution in [0.2, 0.25) is 0 Å². The van der Waals surface area contributed by atoms with Crippen LogP contribution in [0.4, 0.5) is 13.2 Å². The van der Waals surface area contributed by atoms with E-state index >= 15 is 0 Å². The smallest absolute Gasteiger partial charge is 0.150 e. The van der Waals surface area contributed by atoms with Crippen molar-refractivity contribution >= 4 is 17.2 Å². The van der Waals surface area contributed by atoms with Crippen molar-refractivity contribution in [2.75, 3.05) is 26.3 Å². The Morgan fingerprint density at radius 3 is 2.40 bits per heavy atom. The van der Waals surface area contributed by atoms with Crippen molar-refractivity contribution in [3.8, 4) is 11.5 Å². The Balaban J connectivity index is 1.45. The van der Waals surface area contributed by atoms with E-state index in [0.29, 0.717) is 16.9 Å². The number of ether oxygens (including phenoxy) is 1. The molecule has 0 aromatic heterocycles. The molecule has 0 aliphatic carbocycles. The van der Waals surface area contributed by atoms with Crippen molar-refractivity contribution in [3.63, 3.8) is 0 Å². The maximum Gasteiger partial charge on any atom is 0.150 e. The molecule has 180 valence electrons. The number of phenolic OH excluding ortho intramolecular Hbond substituents is 1. The zero-order valence-corrected chi connectivity index (χ0v) is 19.3. The van der Waals surface area contributed by atoms with Crippen molar-refractivity contribution < 1.29 is 23.0 Å². The number of likely N-dealkylation sites (tertiary alicyclic amines) is 1. The first-order valence-corrected chi connectivity index (χ1v) is 11.6. The summed E-state index contributed by atoms with van der Waals surface area (Å²) < 4.78 is 47.1. The van der Waals surface area contributed by atoms with Crippen molar-refractivity contribution in [1.29, 1.82) is 0 Å². The third-order valence-electron chi connectivity index (χ3n) is 6.62. The van der Waals surface area contributed by atoms with Gasteiger partial charge in [0.05, 0.1) is 6.67 Å². The maximum absolute atomic E-state index is 14.1. The normalized spacial score (nSPS) is 18.5. The van der Waals surface area contributed by atoms with Gasteiger partial charge < -0.3 is 9.84 Å². The second kappa shape index (κ2) is 9.62. The van der Waals surface area contributed by atoms with Crippen LogP contribution in [0, 0.1) is 17.6 Å². The van der Waals surface area contributed by atoms with E-state index in [1.807, 2.05) is 37.3 Å². The number of alkyl halides is 1. The van der Waals surface area contributed by atoms with Crippen LogP contribution in [0.3, 0.4) is 0 Å². The van der Waals surface area contributed by atoms with E-state index in [4.69, 9.17) is 4.74 Å². The highest BCUT2D eigenvalue weighted by atomic mass is 19.1. The van der Waals surface area contributed by atoms with Crippen molar-refractivity contribution in [3.05, 3.63) is 101 Å². The minimum Gasteiger partial charge on any atom is -0.508 e. The summed E-state index contributed by atoms with van der Waals surface area (Å²) in [6.07, 6.45) is 3.47. The van der Waals surface area contributed by atoms with Gasteiger partial charge in [0.15, 0.2) is 0 Å². The van der Waals surface area contributed by atoms with Crippen LogP contribution in [-0.4, -0.2) is 36.3 Å². The lowest BCUT2D eigenvalue weighted by Gasteiger charge is -2.36. The summed E-state index contributed by atoms with van der Waals surface area (Å²) in [4.78, 5) is 2.19. The van der Waals surface area contributed by atoms with Crippen LogP contribution in [0.1, 0.15) is 35.3 Å². The van der Waals surface area contributed by atoms with Crippen LogP contribution < -0.4 is 4.74 Å². The molecular weight excluding hydrogens is 451 g/mol. The average Bonchev–Trinajstić information content (AvgIpc) is 2.80. The van der Waals surface area contributed by atoms with Gasteiger partial charge in [-0.2, -0.15) is 0 Å². The van der Waals surface area contributed by atoms with Crippen LogP contribution in [0.5, 0.6) is 11.5 Å². The van der Waals surface area contributed by atoms with E-state index in [0.717, 1.165) is 48.0 Å². The molecule has 6 heteroatoms. The summed E-state index contributed by atoms with van der Waals surface area (Å²) in [5.41, 5.74) is 4.50. The third-order valence-corrected chi connectivity index (χ3v) is 6.62. The zero-order valence-electron chi connectivity index (χ0n) is 19.3. The molecule has 3 aromatic carbocycles. The van der Waals surface area contributed by atoms with Crippen LogP contribution in [-0.2, 0) is 0 Å². The first-order chi connectivity index (χ1) is 16.9. The molecular formula is C29H26F3NO2. The molecule has 0 radical (unpaired) electrons. The highest BCUT2D eigenvalue weighted by Gasteiger charge is 2.30. The molecule has 3 nitrogen and oxygen atoms in total. The van der Waals surface area contributed by atoms with Gasteiger partial charge in [0.2, 0.25) is 0 Å². The van der Waals surface area contributed by atoms with E-state index in [1.54, 1.807) is 18.2 Å². The monoisotopic (exact) mass is 477 g/mol. The van der Waals surface area contributed by atoms with Crippen LogP contribution >= 0.6 is 0 Å². The summed E-state index contributed by atoms with van der Waals surface area (Å²) in [6, 6.07) is 16.1. The van der Waals surface area contributed by atoms with Gasteiger partial charge in [-0.1, -0.05) is 36.4 Å². The topological polar surface area (TPSA) is 32.7 Å². The molecule has 2 heterocycles. The Labute approximate surface area is 202 Å². The number of fused-ring (bicyclic) bond motifs is 1. The summed E-state index contributed by atoms with van der Waals surface area (Å²) >= 11 is 0. The van der Waals surface area contributed by atoms with Gasteiger partial charge in [-0.05, 0) is 53.5 Å². The SMILES string of the molecule is CC1=C(c2cc(F)cc(F)c2)[C@H](c2ccc(/C=C/CN3CC(CF)C3)cc2)Oc2cc(O)ccc21. The number of rotatable bonds is 6. The lowest BCUT2D eigenvalue weighted by molar-refractivity contribution is 0.0940. The summed E-state index contributed by atoms with van der Waals surface area (Å²) in [7, 11) is 0. The van der Waals surface area contributed by atoms with Gasteiger partial charge in [0.1, 0.15) is 29.2 Å². The summed E-state index contributed by atoms with van der Waals surface area (Å²) in [6.45, 7) is 4.01. The quantitative estimate of drug-likeness (QED) is 0.432. The Morgan fingerprint density at radius 2 is 1.71 bits per heavy atom. The first kappa shape index (κ1) is 23.2. The highest BCUT2D eigenvalue weighted by Crippen LogP contribution is 2.47. The Bertz CT molecular complexity index is 1270. The third kappa shape index (κ3) is 4.84. The fourth-order valence-electron chi connectivity index (χ4n) is 4.80. The molecule has 1 N–H and O–H groups in total. The summed E-state index contributed by atoms with van der Waals surface area (Å²) in [5, 5.41) is 9.97. The van der Waals surface area contributed by atoms with E-state index in [-0.39, 0.29) is 18.3 Å². The van der Waals surface area contributed by atoms with Crippen molar-refractivity contribution in [2.45, 2.75) is 13.0 Å². The largest absolute Gasteiger partial charge is 0.508 e. The number of halogens is 3. The average molecular weight is 478 g/mol. The van der Waals surface area contributed by atoms with Gasteiger partial charge in [0.25, 0.3) is 0 Å². The molecule has 0 spiro atoms. The van der Waals surface area contributed by atoms with Crippen LogP contribution in [0.15, 0.2) is 66.7 Å². The minimum absolute atomic E-state index is 0.0797. The molecule has 3 aromatic rings. The van der Waals surface area contributed by atoms with Gasteiger partial charge >= 0.3 is 0 Å². The number of aromatic hydroxyl groups is 1. The van der Waals surface area contributed by atoms with Gasteiger partial charge in [-0.15, -0.1) is 0 Å². The number of phenols is 1. The maximum atomic E-state index is 14.1. The molecule has 0 saturated carbocycles. The van der Waals surface area contributed by atoms with E-state index < -0.39 is 17.7 Å². The Hall–Kier alpha value is -3.51. The number of nitrogens with zero attached hydrogens (tertiary/aromatic N) is 1. The molecule has 0 bridgehead atoms. The predicted octanol–water partition coefficient (Wildman–Crippen LogP) is 6.65. The Morgan fingerprint density at radius 1 is 1.00 bits per heavy atom. The van der Waals surface area contributed by atoms with Gasteiger partial charge in [-0.3, -0.25) is 9.29 Å². The fraction of sp³-hybridized carbons (Fsp3) is 0.241. The van der Waals surface area contributed by atoms with E-state index in [2.05, 4.69) is 11.0 Å². The molecule has 0 unspecified atom stereocenters. The van der Waals surface area contributed by atoms with Crippen molar-refractivity contribution in [2.24, 2.45) is 5.92 Å². The molecule has 1 atom stereocenters. The highest BCUT2D eigenvalue weighted by molar-refractivity contribution is 5.95. The molecule has 2 aliphatic heterocycles. The summed E-state index contributed by atoms with van der Waals surface area (Å²) in [5.74, 6) is -0.552. The van der Waals surface area contributed by atoms with Crippen molar-refractivity contribution in [1.82, 2.24) is 4.90 Å². The molecule has 5 rings (SSSR count). The Kier molecular flexibility index (Phi) is 6.39. The number of benzene rings is 3. The standard InChI is InChI=1S/C29H26F3NO2/c1-18-26-9-8-25(34)14-27(26)35-29(28(18)22-11-23(31)13-24(32)12-22)21-6-4-19(5-7-21)3-2-10-33-16-20(15-30)17-33/h2-9,11-14,20,29,34H,10,15-17H2,1H3/b3-2+/t29-/m0/s1. The molecule has 1 fully saturated rings. The molecule has 35 heavy (non-hydrogen) atoms. The second-order valence-electron chi connectivity index (χ2n) is 9.18. The zero-order chi connectivity index (χ0) is 24.5. The lowest BCUT2D eigenvalue weighted by atomic mass is 9.86. The predicted molar refractivity (Wildman–Crippen MR) is 132 cm³/mol. The molecule has 2 aliphatic rings. The number of hydrogen-bond acceptors (Lipinski definition) is 3. The van der Waals surface area contributed by atoms with E-state index in [1.165, 1.54) is 12.1 Å². The second-order valence-corrected chi connectivity index (χ2v) is 9.18.